The van der Waals surface area contributed by atoms with Gasteiger partial charge < -0.3 is 10.1 Å². The lowest BCUT2D eigenvalue weighted by Crippen LogP contribution is -2.43. The zero-order chi connectivity index (χ0) is 22.7. The van der Waals surface area contributed by atoms with Gasteiger partial charge in [0.2, 0.25) is 16.0 Å². The van der Waals surface area contributed by atoms with Crippen LogP contribution in [0, 0.1) is 0 Å². The normalized spacial score (nSPS) is 15.7. The van der Waals surface area contributed by atoms with Crippen molar-refractivity contribution in [2.24, 2.45) is 0 Å². The largest absolute Gasteiger partial charge is 0.496 e. The molecule has 3 aromatic rings. The summed E-state index contributed by atoms with van der Waals surface area (Å²) in [6, 6.07) is 11.6. The van der Waals surface area contributed by atoms with Crippen LogP contribution in [-0.4, -0.2) is 54.7 Å². The molecular weight excluding hydrogens is 448 g/mol. The molecule has 0 amide bonds. The summed E-state index contributed by atoms with van der Waals surface area (Å²) < 4.78 is 31.7. The minimum Gasteiger partial charge on any atom is -0.496 e. The molecule has 1 saturated heterocycles. The summed E-state index contributed by atoms with van der Waals surface area (Å²) in [5.74, 6) is 1.42. The smallest absolute Gasteiger partial charge is 0.223 e. The molecule has 7 nitrogen and oxygen atoms in total. The summed E-state index contributed by atoms with van der Waals surface area (Å²) in [5.41, 5.74) is 2.54. The molecule has 0 aliphatic carbocycles. The van der Waals surface area contributed by atoms with E-state index in [1.165, 1.54) is 0 Å². The van der Waals surface area contributed by atoms with Crippen molar-refractivity contribution in [3.05, 3.63) is 47.6 Å². The number of sulfonamides is 1. The van der Waals surface area contributed by atoms with Gasteiger partial charge in [-0.1, -0.05) is 36.7 Å². The quantitative estimate of drug-likeness (QED) is 0.539. The van der Waals surface area contributed by atoms with Gasteiger partial charge in [0.15, 0.2) is 0 Å². The topological polar surface area (TPSA) is 84.4 Å². The van der Waals surface area contributed by atoms with Crippen molar-refractivity contribution in [2.45, 2.75) is 32.2 Å². The Labute approximate surface area is 193 Å². The minimum absolute atomic E-state index is 0.129. The Morgan fingerprint density at radius 2 is 1.94 bits per heavy atom. The first-order valence-corrected chi connectivity index (χ1v) is 12.7. The number of fused-ring (bicyclic) bond motifs is 1. The predicted molar refractivity (Wildman–Crippen MR) is 129 cm³/mol. The van der Waals surface area contributed by atoms with Gasteiger partial charge >= 0.3 is 0 Å². The van der Waals surface area contributed by atoms with Crippen LogP contribution in [0.2, 0.25) is 5.02 Å². The highest BCUT2D eigenvalue weighted by atomic mass is 35.5. The summed E-state index contributed by atoms with van der Waals surface area (Å²) >= 11 is 6.39. The molecule has 1 N–H and O–H groups in total. The van der Waals surface area contributed by atoms with Crippen LogP contribution < -0.4 is 10.1 Å². The molecule has 170 valence electrons. The average Bonchev–Trinajstić information content (AvgIpc) is 2.79. The fraction of sp³-hybridized carbons (Fsp3) is 0.391. The highest BCUT2D eigenvalue weighted by Crippen LogP contribution is 2.37. The second kappa shape index (κ2) is 9.60. The molecule has 1 fully saturated rings. The first-order valence-electron chi connectivity index (χ1n) is 10.8. The number of anilines is 1. The van der Waals surface area contributed by atoms with E-state index in [9.17, 15) is 8.42 Å². The van der Waals surface area contributed by atoms with Crippen molar-refractivity contribution in [1.82, 2.24) is 14.3 Å². The van der Waals surface area contributed by atoms with Crippen molar-refractivity contribution in [1.29, 1.82) is 0 Å². The second-order valence-corrected chi connectivity index (χ2v) is 10.4. The van der Waals surface area contributed by atoms with E-state index in [4.69, 9.17) is 16.3 Å². The third-order valence-corrected chi connectivity index (χ3v) is 8.11. The molecule has 2 aromatic carbocycles. The number of hydrogen-bond donors (Lipinski definition) is 1. The van der Waals surface area contributed by atoms with Crippen LogP contribution in [0.5, 0.6) is 5.75 Å². The molecule has 1 aliphatic heterocycles. The van der Waals surface area contributed by atoms with Crippen LogP contribution >= 0.6 is 11.6 Å². The van der Waals surface area contributed by atoms with E-state index >= 15 is 0 Å². The number of halogens is 1. The SMILES string of the molecule is CCCS(=O)(=O)N1CCC(Nc2ncc3cc(-c4ccccc4Cl)c(OC)cc3n2)CC1. The van der Waals surface area contributed by atoms with Gasteiger partial charge in [-0.15, -0.1) is 0 Å². The second-order valence-electron chi connectivity index (χ2n) is 7.92. The maximum Gasteiger partial charge on any atom is 0.223 e. The zero-order valence-corrected chi connectivity index (χ0v) is 19.8. The van der Waals surface area contributed by atoms with Gasteiger partial charge in [-0.05, 0) is 31.4 Å². The number of nitrogens with zero attached hydrogens (tertiary/aromatic N) is 3. The average molecular weight is 475 g/mol. The van der Waals surface area contributed by atoms with Crippen molar-refractivity contribution >= 4 is 38.5 Å². The third kappa shape index (κ3) is 4.82. The summed E-state index contributed by atoms with van der Waals surface area (Å²) in [4.78, 5) is 9.15. The first-order chi connectivity index (χ1) is 15.4. The number of aromatic nitrogens is 2. The van der Waals surface area contributed by atoms with Crippen molar-refractivity contribution < 1.29 is 13.2 Å². The van der Waals surface area contributed by atoms with Gasteiger partial charge in [0.05, 0.1) is 18.4 Å². The van der Waals surface area contributed by atoms with Gasteiger partial charge in [-0.3, -0.25) is 0 Å². The van der Waals surface area contributed by atoms with Gasteiger partial charge in [0, 0.05) is 52.9 Å². The Morgan fingerprint density at radius 3 is 2.62 bits per heavy atom. The Hall–Kier alpha value is -2.42. The zero-order valence-electron chi connectivity index (χ0n) is 18.2. The molecule has 4 rings (SSSR count). The van der Waals surface area contributed by atoms with Crippen molar-refractivity contribution in [3.63, 3.8) is 0 Å². The summed E-state index contributed by atoms with van der Waals surface area (Å²) in [6.07, 6.45) is 3.86. The molecule has 32 heavy (non-hydrogen) atoms. The van der Waals surface area contributed by atoms with E-state index in [0.717, 1.165) is 34.9 Å². The fourth-order valence-corrected chi connectivity index (χ4v) is 5.81. The van der Waals surface area contributed by atoms with Gasteiger partial charge in [-0.25, -0.2) is 22.7 Å². The highest BCUT2D eigenvalue weighted by molar-refractivity contribution is 7.89. The molecular formula is C23H27ClN4O3S. The first kappa shape index (κ1) is 22.8. The molecule has 9 heteroatoms. The van der Waals surface area contributed by atoms with Crippen LogP contribution in [0.25, 0.3) is 22.0 Å². The molecule has 1 aromatic heterocycles. The van der Waals surface area contributed by atoms with Crippen LogP contribution in [0.1, 0.15) is 26.2 Å². The maximum absolute atomic E-state index is 12.3. The number of methoxy groups -OCH3 is 1. The Morgan fingerprint density at radius 1 is 1.19 bits per heavy atom. The highest BCUT2D eigenvalue weighted by Gasteiger charge is 2.27. The summed E-state index contributed by atoms with van der Waals surface area (Å²) in [6.45, 7) is 2.92. The van der Waals surface area contributed by atoms with Gasteiger partial charge in [0.1, 0.15) is 5.75 Å². The van der Waals surface area contributed by atoms with E-state index < -0.39 is 10.0 Å². The molecule has 1 aliphatic rings. The lowest BCUT2D eigenvalue weighted by atomic mass is 10.0. The number of benzene rings is 2. The molecule has 0 spiro atoms. The van der Waals surface area contributed by atoms with Crippen LogP contribution in [0.15, 0.2) is 42.6 Å². The standard InChI is InChI=1S/C23H27ClN4O3S/c1-3-12-32(29,30)28-10-8-17(9-11-28)26-23-25-15-16-13-19(18-6-4-5-7-20(18)24)22(31-2)14-21(16)27-23/h4-7,13-15,17H,3,8-12H2,1-2H3,(H,25,26,27). The number of ether oxygens (including phenoxy) is 1. The van der Waals surface area contributed by atoms with Crippen molar-refractivity contribution in [3.8, 4) is 16.9 Å². The molecule has 0 bridgehead atoms. The van der Waals surface area contributed by atoms with E-state index in [1.54, 1.807) is 17.6 Å². The predicted octanol–water partition coefficient (Wildman–Crippen LogP) is 4.57. The fourth-order valence-electron chi connectivity index (χ4n) is 4.04. The van der Waals surface area contributed by atoms with E-state index in [0.29, 0.717) is 36.2 Å². The lowest BCUT2D eigenvalue weighted by molar-refractivity contribution is 0.329. The lowest BCUT2D eigenvalue weighted by Gasteiger charge is -2.31. The number of piperidine rings is 1. The minimum atomic E-state index is -3.15. The monoisotopic (exact) mass is 474 g/mol. The van der Waals surface area contributed by atoms with E-state index in [2.05, 4.69) is 15.3 Å². The van der Waals surface area contributed by atoms with E-state index in [-0.39, 0.29) is 11.8 Å². The number of hydrogen-bond acceptors (Lipinski definition) is 6. The molecule has 0 radical (unpaired) electrons. The summed E-state index contributed by atoms with van der Waals surface area (Å²) in [7, 11) is -1.52. The third-order valence-electron chi connectivity index (χ3n) is 5.71. The van der Waals surface area contributed by atoms with Crippen LogP contribution in [0.4, 0.5) is 5.95 Å². The summed E-state index contributed by atoms with van der Waals surface area (Å²) in [5, 5.41) is 4.90. The Balaban J connectivity index is 1.52. The molecule has 2 heterocycles. The van der Waals surface area contributed by atoms with Crippen molar-refractivity contribution in [2.75, 3.05) is 31.3 Å². The van der Waals surface area contributed by atoms with Gasteiger partial charge in [0.25, 0.3) is 0 Å². The Kier molecular flexibility index (Phi) is 6.83. The van der Waals surface area contributed by atoms with Crippen LogP contribution in [0.3, 0.4) is 0 Å². The maximum atomic E-state index is 12.3. The van der Waals surface area contributed by atoms with E-state index in [1.807, 2.05) is 43.3 Å². The van der Waals surface area contributed by atoms with Gasteiger partial charge in [-0.2, -0.15) is 0 Å². The molecule has 0 unspecified atom stereocenters. The number of nitrogens with one attached hydrogen (secondary N) is 1. The molecule has 0 saturated carbocycles. The molecule has 0 atom stereocenters. The van der Waals surface area contributed by atoms with Crippen LogP contribution in [-0.2, 0) is 10.0 Å². The number of rotatable bonds is 7. The Bertz CT molecular complexity index is 1210.